The zero-order valence-corrected chi connectivity index (χ0v) is 8.31. The van der Waals surface area contributed by atoms with Gasteiger partial charge in [0.2, 0.25) is 0 Å². The quantitative estimate of drug-likeness (QED) is 0.586. The monoisotopic (exact) mass is 170 g/mol. The summed E-state index contributed by atoms with van der Waals surface area (Å²) in [5.41, 5.74) is 0. The maximum Gasteiger partial charge on any atom is 0.0982 e. The van der Waals surface area contributed by atoms with Crippen molar-refractivity contribution in [1.82, 2.24) is 0 Å². The average Bonchev–Trinajstić information content (AvgIpc) is 2.06. The lowest BCUT2D eigenvalue weighted by atomic mass is 9.97. The molecule has 0 N–H and O–H groups in total. The minimum Gasteiger partial charge on any atom is -0.495 e. The van der Waals surface area contributed by atoms with Crippen molar-refractivity contribution in [3.63, 3.8) is 0 Å². The predicted octanol–water partition coefficient (Wildman–Crippen LogP) is 3.75. The number of allylic oxidation sites excluding steroid dienone is 1. The molecule has 0 spiro atoms. The summed E-state index contributed by atoms with van der Waals surface area (Å²) < 4.78 is 5.76. The highest BCUT2D eigenvalue weighted by molar-refractivity contribution is 4.88. The summed E-state index contributed by atoms with van der Waals surface area (Å²) >= 11 is 0. The molecule has 0 atom stereocenters. The van der Waals surface area contributed by atoms with E-state index in [1.807, 2.05) is 0 Å². The molecule has 12 heavy (non-hydrogen) atoms. The molecule has 0 unspecified atom stereocenters. The van der Waals surface area contributed by atoms with Gasteiger partial charge in [0.25, 0.3) is 0 Å². The molecule has 1 aliphatic rings. The van der Waals surface area contributed by atoms with Crippen molar-refractivity contribution < 1.29 is 6.16 Å². The third-order valence-corrected chi connectivity index (χ3v) is 2.51. The van der Waals surface area contributed by atoms with Crippen LogP contribution in [0.4, 0.5) is 0 Å². The second-order valence-corrected chi connectivity index (χ2v) is 4.00. The fourth-order valence-electron chi connectivity index (χ4n) is 1.53. The summed E-state index contributed by atoms with van der Waals surface area (Å²) in [5.74, 6) is 1.42. The summed E-state index contributed by atoms with van der Waals surface area (Å²) in [5, 5.41) is 0. The molecular weight excluding hydrogens is 148 g/mol. The number of hydrogen-bond acceptors (Lipinski definition) is 1. The topological polar surface area (TPSA) is 9.23 Å². The molecule has 0 aromatic heterocycles. The molecule has 0 aliphatic heterocycles. The highest BCUT2D eigenvalue weighted by Gasteiger charge is 2.15. The SMILES string of the molecule is C=C(OC1CCCCC1)C(C)C.[HH]. The highest BCUT2D eigenvalue weighted by Crippen LogP contribution is 2.23. The van der Waals surface area contributed by atoms with Gasteiger partial charge in [0.1, 0.15) is 0 Å². The standard InChI is InChI=1S/C11H20O.H2/c1-9(2)10(3)12-11-7-5-4-6-8-11;/h9,11H,3-8H2,1-2H3;1H. The van der Waals surface area contributed by atoms with E-state index in [1.54, 1.807) is 0 Å². The number of ether oxygens (including phenoxy) is 1. The van der Waals surface area contributed by atoms with E-state index in [-0.39, 0.29) is 1.43 Å². The van der Waals surface area contributed by atoms with Gasteiger partial charge < -0.3 is 4.74 Å². The van der Waals surface area contributed by atoms with E-state index in [9.17, 15) is 0 Å². The summed E-state index contributed by atoms with van der Waals surface area (Å²) in [6.45, 7) is 8.19. The fraction of sp³-hybridized carbons (Fsp3) is 0.818. The van der Waals surface area contributed by atoms with Crippen LogP contribution in [0.1, 0.15) is 47.4 Å². The van der Waals surface area contributed by atoms with Crippen molar-refractivity contribution in [2.45, 2.75) is 52.1 Å². The number of hydrogen-bond donors (Lipinski definition) is 0. The van der Waals surface area contributed by atoms with Crippen molar-refractivity contribution >= 4 is 0 Å². The Hall–Kier alpha value is -0.460. The van der Waals surface area contributed by atoms with Crippen LogP contribution in [-0.4, -0.2) is 6.10 Å². The molecule has 1 fully saturated rings. The first-order chi connectivity index (χ1) is 5.70. The molecule has 0 amide bonds. The van der Waals surface area contributed by atoms with E-state index in [0.717, 1.165) is 5.76 Å². The lowest BCUT2D eigenvalue weighted by molar-refractivity contribution is 0.0687. The van der Waals surface area contributed by atoms with Crippen molar-refractivity contribution in [1.29, 1.82) is 0 Å². The van der Waals surface area contributed by atoms with Crippen LogP contribution < -0.4 is 0 Å². The summed E-state index contributed by atoms with van der Waals surface area (Å²) in [7, 11) is 0. The van der Waals surface area contributed by atoms with Crippen LogP contribution in [-0.2, 0) is 4.74 Å². The van der Waals surface area contributed by atoms with Crippen molar-refractivity contribution in [2.75, 3.05) is 0 Å². The van der Waals surface area contributed by atoms with Gasteiger partial charge in [0, 0.05) is 7.34 Å². The van der Waals surface area contributed by atoms with Gasteiger partial charge in [-0.05, 0) is 25.7 Å². The normalized spacial score (nSPS) is 19.6. The lowest BCUT2D eigenvalue weighted by Gasteiger charge is -2.25. The first-order valence-corrected chi connectivity index (χ1v) is 5.05. The van der Waals surface area contributed by atoms with E-state index in [0.29, 0.717) is 12.0 Å². The third-order valence-electron chi connectivity index (χ3n) is 2.51. The Kier molecular flexibility index (Phi) is 3.64. The fourth-order valence-corrected chi connectivity index (χ4v) is 1.53. The van der Waals surface area contributed by atoms with Gasteiger partial charge in [-0.2, -0.15) is 0 Å². The van der Waals surface area contributed by atoms with Crippen LogP contribution >= 0.6 is 0 Å². The van der Waals surface area contributed by atoms with Crippen molar-refractivity contribution in [3.05, 3.63) is 12.3 Å². The van der Waals surface area contributed by atoms with Crippen LogP contribution in [0.2, 0.25) is 0 Å². The Morgan fingerprint density at radius 1 is 1.33 bits per heavy atom. The van der Waals surface area contributed by atoms with Crippen LogP contribution in [0.3, 0.4) is 0 Å². The molecule has 0 aromatic carbocycles. The van der Waals surface area contributed by atoms with Gasteiger partial charge >= 0.3 is 0 Å². The average molecular weight is 170 g/mol. The van der Waals surface area contributed by atoms with E-state index < -0.39 is 0 Å². The minimum absolute atomic E-state index is 0. The summed E-state index contributed by atoms with van der Waals surface area (Å²) in [6.07, 6.45) is 6.96. The zero-order chi connectivity index (χ0) is 8.97. The van der Waals surface area contributed by atoms with Crippen LogP contribution in [0, 0.1) is 5.92 Å². The predicted molar refractivity (Wildman–Crippen MR) is 54.1 cm³/mol. The van der Waals surface area contributed by atoms with Crippen LogP contribution in [0.5, 0.6) is 0 Å². The van der Waals surface area contributed by atoms with Gasteiger partial charge in [-0.3, -0.25) is 0 Å². The van der Waals surface area contributed by atoms with Gasteiger partial charge in [0.15, 0.2) is 0 Å². The molecule has 0 saturated heterocycles. The van der Waals surface area contributed by atoms with Gasteiger partial charge in [-0.15, -0.1) is 0 Å². The molecule has 0 bridgehead atoms. The third kappa shape index (κ3) is 2.88. The molecule has 0 aromatic rings. The molecule has 1 saturated carbocycles. The Morgan fingerprint density at radius 3 is 2.42 bits per heavy atom. The maximum atomic E-state index is 5.76. The molecule has 0 heterocycles. The molecule has 1 nitrogen and oxygen atoms in total. The largest absolute Gasteiger partial charge is 0.495 e. The first-order valence-electron chi connectivity index (χ1n) is 5.05. The van der Waals surface area contributed by atoms with Gasteiger partial charge in [-0.1, -0.05) is 26.8 Å². The summed E-state index contributed by atoms with van der Waals surface area (Å²) in [6, 6.07) is 0. The molecule has 0 radical (unpaired) electrons. The van der Waals surface area contributed by atoms with E-state index in [2.05, 4.69) is 20.4 Å². The highest BCUT2D eigenvalue weighted by atomic mass is 16.5. The Bertz CT molecular complexity index is 148. The Balaban J connectivity index is 0.00000144. The Morgan fingerprint density at radius 2 is 1.92 bits per heavy atom. The second-order valence-electron chi connectivity index (χ2n) is 4.00. The molecule has 72 valence electrons. The second kappa shape index (κ2) is 4.54. The van der Waals surface area contributed by atoms with Crippen molar-refractivity contribution in [2.24, 2.45) is 5.92 Å². The van der Waals surface area contributed by atoms with Crippen LogP contribution in [0.15, 0.2) is 12.3 Å². The summed E-state index contributed by atoms with van der Waals surface area (Å²) in [4.78, 5) is 0. The molecular formula is C11H22O. The number of rotatable bonds is 3. The first kappa shape index (κ1) is 9.63. The smallest absolute Gasteiger partial charge is 0.0982 e. The molecule has 1 aliphatic carbocycles. The zero-order valence-electron chi connectivity index (χ0n) is 8.31. The van der Waals surface area contributed by atoms with Gasteiger partial charge in [-0.25, -0.2) is 0 Å². The van der Waals surface area contributed by atoms with Crippen LogP contribution in [0.25, 0.3) is 0 Å². The van der Waals surface area contributed by atoms with E-state index >= 15 is 0 Å². The Labute approximate surface area is 77.3 Å². The molecule has 1 heteroatoms. The molecule has 1 rings (SSSR count). The lowest BCUT2D eigenvalue weighted by Crippen LogP contribution is -2.17. The maximum absolute atomic E-state index is 5.76. The minimum atomic E-state index is 0. The van der Waals surface area contributed by atoms with E-state index in [1.165, 1.54) is 32.1 Å². The van der Waals surface area contributed by atoms with Crippen molar-refractivity contribution in [3.8, 4) is 0 Å². The van der Waals surface area contributed by atoms with E-state index in [4.69, 9.17) is 4.74 Å². The van der Waals surface area contributed by atoms with Gasteiger partial charge in [0.05, 0.1) is 11.9 Å².